The maximum absolute atomic E-state index is 11.8. The Labute approximate surface area is 110 Å². The number of hydrogen-bond acceptors (Lipinski definition) is 7. The van der Waals surface area contributed by atoms with E-state index in [0.717, 1.165) is 5.57 Å². The minimum absolute atomic E-state index is 0.0574. The lowest BCUT2D eigenvalue weighted by atomic mass is 10.1. The van der Waals surface area contributed by atoms with Gasteiger partial charge in [-0.1, -0.05) is 0 Å². The molecule has 0 radical (unpaired) electrons. The van der Waals surface area contributed by atoms with E-state index < -0.39 is 11.7 Å². The fraction of sp³-hybridized carbons (Fsp3) is 0.727. The Balaban J connectivity index is 1.74. The third-order valence-corrected chi connectivity index (χ3v) is 4.11. The van der Waals surface area contributed by atoms with Crippen LogP contribution in [-0.2, 0) is 4.79 Å². The van der Waals surface area contributed by atoms with Crippen LogP contribution in [-0.4, -0.2) is 59.4 Å². The monoisotopic (exact) mass is 269 g/mol. The lowest BCUT2D eigenvalue weighted by Gasteiger charge is -2.34. The lowest BCUT2D eigenvalue weighted by Crippen LogP contribution is -2.69. The minimum Gasteiger partial charge on any atom is -0.395 e. The van der Waals surface area contributed by atoms with Gasteiger partial charge in [0.25, 0.3) is 0 Å². The summed E-state index contributed by atoms with van der Waals surface area (Å²) in [7, 11) is 0. The van der Waals surface area contributed by atoms with E-state index in [0.29, 0.717) is 13.1 Å². The normalized spacial score (nSPS) is 38.3. The number of fused-ring (bicyclic) bond motifs is 1. The summed E-state index contributed by atoms with van der Waals surface area (Å²) in [5.41, 5.74) is 6.22. The molecule has 2 heterocycles. The van der Waals surface area contributed by atoms with Crippen LogP contribution in [0.25, 0.3) is 0 Å². The van der Waals surface area contributed by atoms with Crippen molar-refractivity contribution in [2.24, 2.45) is 11.1 Å². The van der Waals surface area contributed by atoms with Gasteiger partial charge in [0, 0.05) is 11.6 Å². The highest BCUT2D eigenvalue weighted by atomic mass is 16.3. The second-order valence-electron chi connectivity index (χ2n) is 5.38. The molecule has 3 rings (SSSR count). The third kappa shape index (κ3) is 2.01. The number of nitrogens with one attached hydrogen (secondary N) is 3. The van der Waals surface area contributed by atoms with Crippen LogP contribution in [0.1, 0.15) is 6.42 Å². The van der Waals surface area contributed by atoms with E-state index in [9.17, 15) is 15.0 Å². The summed E-state index contributed by atoms with van der Waals surface area (Å²) < 4.78 is 0. The largest absolute Gasteiger partial charge is 0.395 e. The molecule has 2 saturated heterocycles. The van der Waals surface area contributed by atoms with E-state index in [-0.39, 0.29) is 31.3 Å². The first-order chi connectivity index (χ1) is 9.09. The predicted octanol–water partition coefficient (Wildman–Crippen LogP) is -3.24. The van der Waals surface area contributed by atoms with Crippen molar-refractivity contribution in [3.63, 3.8) is 0 Å². The van der Waals surface area contributed by atoms with Crippen molar-refractivity contribution in [2.45, 2.75) is 24.9 Å². The van der Waals surface area contributed by atoms with E-state index in [1.54, 1.807) is 0 Å². The molecular weight excluding hydrogens is 250 g/mol. The molecule has 2 aliphatic heterocycles. The molecule has 8 nitrogen and oxygen atoms in total. The standard InChI is InChI=1S/C11H19N5O3/c12-10-14-8-7(9(19)15-10)13-5-16(8)2-6-1-11(6,3-17)4-18/h2,7-8,10,13-14,17-18H,1,3-5,12H2,(H,15,19)/b6-2-. The van der Waals surface area contributed by atoms with Crippen molar-refractivity contribution in [2.75, 3.05) is 19.9 Å². The van der Waals surface area contributed by atoms with Crippen molar-refractivity contribution in [1.82, 2.24) is 20.9 Å². The Morgan fingerprint density at radius 3 is 2.84 bits per heavy atom. The molecule has 3 atom stereocenters. The second kappa shape index (κ2) is 4.43. The number of hydrogen-bond donors (Lipinski definition) is 6. The molecule has 0 bridgehead atoms. The molecule has 8 heteroatoms. The van der Waals surface area contributed by atoms with Crippen LogP contribution < -0.4 is 21.7 Å². The zero-order valence-corrected chi connectivity index (χ0v) is 10.5. The Morgan fingerprint density at radius 1 is 1.47 bits per heavy atom. The van der Waals surface area contributed by atoms with E-state index in [4.69, 9.17) is 5.73 Å². The van der Waals surface area contributed by atoms with Gasteiger partial charge in [0.1, 0.15) is 18.5 Å². The lowest BCUT2D eigenvalue weighted by molar-refractivity contribution is -0.126. The van der Waals surface area contributed by atoms with E-state index in [1.807, 2.05) is 11.1 Å². The SMILES string of the molecule is NC1NC(=O)C2NCN(/C=C3/CC3(CO)CO)C2N1. The molecule has 1 aliphatic carbocycles. The predicted molar refractivity (Wildman–Crippen MR) is 66.0 cm³/mol. The van der Waals surface area contributed by atoms with Gasteiger partial charge in [-0.05, 0) is 12.0 Å². The molecule has 19 heavy (non-hydrogen) atoms. The molecule has 3 unspecified atom stereocenters. The zero-order chi connectivity index (χ0) is 13.6. The van der Waals surface area contributed by atoms with E-state index in [2.05, 4.69) is 16.0 Å². The molecule has 0 aromatic carbocycles. The Hall–Kier alpha value is -1.19. The average Bonchev–Trinajstić information content (AvgIpc) is 2.94. The summed E-state index contributed by atoms with van der Waals surface area (Å²) >= 11 is 0. The fourth-order valence-corrected chi connectivity index (χ4v) is 2.70. The van der Waals surface area contributed by atoms with Crippen LogP contribution in [0, 0.1) is 5.41 Å². The maximum atomic E-state index is 11.8. The highest BCUT2D eigenvalue weighted by Crippen LogP contribution is 2.51. The van der Waals surface area contributed by atoms with Crippen molar-refractivity contribution < 1.29 is 15.0 Å². The van der Waals surface area contributed by atoms with Crippen LogP contribution in [0.15, 0.2) is 11.8 Å². The summed E-state index contributed by atoms with van der Waals surface area (Å²) in [5, 5.41) is 27.4. The van der Waals surface area contributed by atoms with Gasteiger partial charge in [-0.15, -0.1) is 0 Å². The summed E-state index contributed by atoms with van der Waals surface area (Å²) in [5.74, 6) is -0.122. The molecule has 1 saturated carbocycles. The van der Waals surface area contributed by atoms with Crippen LogP contribution in [0.3, 0.4) is 0 Å². The van der Waals surface area contributed by atoms with Crippen LogP contribution in [0.4, 0.5) is 0 Å². The summed E-state index contributed by atoms with van der Waals surface area (Å²) in [6, 6.07) is -0.340. The van der Waals surface area contributed by atoms with Gasteiger partial charge in [0.15, 0.2) is 0 Å². The summed E-state index contributed by atoms with van der Waals surface area (Å²) in [6.07, 6.45) is 1.83. The van der Waals surface area contributed by atoms with E-state index >= 15 is 0 Å². The first-order valence-electron chi connectivity index (χ1n) is 6.34. The van der Waals surface area contributed by atoms with Crippen LogP contribution in [0.2, 0.25) is 0 Å². The molecule has 0 spiro atoms. The summed E-state index contributed by atoms with van der Waals surface area (Å²) in [4.78, 5) is 13.7. The number of carbonyl (C=O) groups excluding carboxylic acids is 1. The first-order valence-corrected chi connectivity index (χ1v) is 6.34. The van der Waals surface area contributed by atoms with Crippen molar-refractivity contribution in [1.29, 1.82) is 0 Å². The zero-order valence-electron chi connectivity index (χ0n) is 10.5. The molecule has 7 N–H and O–H groups in total. The second-order valence-corrected chi connectivity index (χ2v) is 5.38. The molecule has 1 amide bonds. The minimum atomic E-state index is -0.561. The highest BCUT2D eigenvalue weighted by Gasteiger charge is 2.50. The quantitative estimate of drug-likeness (QED) is 0.318. The van der Waals surface area contributed by atoms with Gasteiger partial charge < -0.3 is 20.4 Å². The van der Waals surface area contributed by atoms with Gasteiger partial charge in [-0.25, -0.2) is 0 Å². The number of nitrogens with two attached hydrogens (primary N) is 1. The van der Waals surface area contributed by atoms with E-state index in [1.165, 1.54) is 0 Å². The number of carbonyl (C=O) groups is 1. The Morgan fingerprint density at radius 2 is 2.21 bits per heavy atom. The van der Waals surface area contributed by atoms with Crippen molar-refractivity contribution in [3.8, 4) is 0 Å². The van der Waals surface area contributed by atoms with Gasteiger partial charge in [-0.3, -0.25) is 21.2 Å². The summed E-state index contributed by atoms with van der Waals surface area (Å²) in [6.45, 7) is 0.412. The van der Waals surface area contributed by atoms with Crippen LogP contribution >= 0.6 is 0 Å². The van der Waals surface area contributed by atoms with Crippen molar-refractivity contribution >= 4 is 5.91 Å². The third-order valence-electron chi connectivity index (χ3n) is 4.11. The first kappa shape index (κ1) is 12.8. The smallest absolute Gasteiger partial charge is 0.242 e. The number of nitrogens with zero attached hydrogens (tertiary/aromatic N) is 1. The van der Waals surface area contributed by atoms with Gasteiger partial charge >= 0.3 is 0 Å². The molecule has 3 fully saturated rings. The number of amides is 1. The average molecular weight is 269 g/mol. The number of aliphatic hydroxyl groups excluding tert-OH is 2. The maximum Gasteiger partial charge on any atom is 0.242 e. The molecule has 3 aliphatic rings. The molecular formula is C11H19N5O3. The number of rotatable bonds is 3. The Kier molecular flexibility index (Phi) is 2.99. The van der Waals surface area contributed by atoms with Crippen LogP contribution in [0.5, 0.6) is 0 Å². The topological polar surface area (TPSA) is 123 Å². The van der Waals surface area contributed by atoms with Gasteiger partial charge in [0.2, 0.25) is 5.91 Å². The number of aliphatic hydroxyl groups is 2. The molecule has 0 aromatic rings. The van der Waals surface area contributed by atoms with Crippen molar-refractivity contribution in [3.05, 3.63) is 11.8 Å². The van der Waals surface area contributed by atoms with Gasteiger partial charge in [-0.2, -0.15) is 0 Å². The molecule has 106 valence electrons. The molecule has 0 aromatic heterocycles. The Bertz CT molecular complexity index is 423. The fourth-order valence-electron chi connectivity index (χ4n) is 2.70. The van der Waals surface area contributed by atoms with Gasteiger partial charge in [0.05, 0.1) is 19.9 Å². The highest BCUT2D eigenvalue weighted by molar-refractivity contribution is 5.84.